The van der Waals surface area contributed by atoms with E-state index in [1.807, 2.05) is 0 Å². The molecule has 0 saturated carbocycles. The lowest BCUT2D eigenvalue weighted by molar-refractivity contribution is -0.133. The molecule has 1 N–H and O–H groups in total. The predicted molar refractivity (Wildman–Crippen MR) is 72.2 cm³/mol. The van der Waals surface area contributed by atoms with E-state index in [1.54, 1.807) is 13.0 Å². The molecule has 0 bridgehead atoms. The van der Waals surface area contributed by atoms with Crippen molar-refractivity contribution >= 4 is 5.97 Å². The number of carbonyl (C=O) groups excluding carboxylic acids is 1. The fourth-order valence-corrected chi connectivity index (χ4v) is 1.91. The lowest BCUT2D eigenvalue weighted by atomic mass is 10.1. The molecule has 1 fully saturated rings. The van der Waals surface area contributed by atoms with Gasteiger partial charge in [0.25, 0.3) is 0 Å². The highest BCUT2D eigenvalue weighted by Crippen LogP contribution is 2.15. The standard InChI is InChI=1S/C14H17N3O3/c1-10-16-11(3-4-14(18)19-2)9-13(17-10)20-12-5-7-15-8-6-12/h9,12,15H,5-8H2,1-2H3. The van der Waals surface area contributed by atoms with Gasteiger partial charge in [0.15, 0.2) is 0 Å². The molecule has 6 heteroatoms. The zero-order valence-corrected chi connectivity index (χ0v) is 11.6. The van der Waals surface area contributed by atoms with Gasteiger partial charge < -0.3 is 14.8 Å². The summed E-state index contributed by atoms with van der Waals surface area (Å²) in [6.07, 6.45) is 2.06. The maximum atomic E-state index is 11.0. The summed E-state index contributed by atoms with van der Waals surface area (Å²) in [4.78, 5) is 19.4. The number of methoxy groups -OCH3 is 1. The van der Waals surface area contributed by atoms with Gasteiger partial charge in [0.1, 0.15) is 17.6 Å². The average Bonchev–Trinajstić information content (AvgIpc) is 2.45. The van der Waals surface area contributed by atoms with Crippen molar-refractivity contribution < 1.29 is 14.3 Å². The monoisotopic (exact) mass is 275 g/mol. The topological polar surface area (TPSA) is 73.3 Å². The first-order valence-electron chi connectivity index (χ1n) is 6.50. The fourth-order valence-electron chi connectivity index (χ4n) is 1.91. The predicted octanol–water partition coefficient (Wildman–Crippen LogP) is 0.440. The largest absolute Gasteiger partial charge is 0.474 e. The number of rotatable bonds is 2. The zero-order chi connectivity index (χ0) is 14.4. The summed E-state index contributed by atoms with van der Waals surface area (Å²) in [5.74, 6) is 5.45. The Labute approximate surface area is 117 Å². The van der Waals surface area contributed by atoms with Gasteiger partial charge >= 0.3 is 5.97 Å². The molecule has 0 aromatic carbocycles. The third kappa shape index (κ3) is 4.21. The number of esters is 1. The number of carbonyl (C=O) groups is 1. The zero-order valence-electron chi connectivity index (χ0n) is 11.6. The van der Waals surface area contributed by atoms with E-state index in [-0.39, 0.29) is 6.10 Å². The number of ether oxygens (including phenoxy) is 2. The molecular formula is C14H17N3O3. The second-order valence-electron chi connectivity index (χ2n) is 4.45. The van der Waals surface area contributed by atoms with Gasteiger partial charge in [0, 0.05) is 12.0 Å². The first kappa shape index (κ1) is 14.3. The Kier molecular flexibility index (Phi) is 4.91. The van der Waals surface area contributed by atoms with E-state index in [0.29, 0.717) is 17.4 Å². The lowest BCUT2D eigenvalue weighted by Crippen LogP contribution is -2.34. The van der Waals surface area contributed by atoms with E-state index in [0.717, 1.165) is 25.9 Å². The molecule has 2 heterocycles. The minimum Gasteiger partial charge on any atom is -0.474 e. The SMILES string of the molecule is COC(=O)C#Cc1cc(OC2CCNCC2)nc(C)n1. The van der Waals surface area contributed by atoms with Crippen LogP contribution in [0.3, 0.4) is 0 Å². The summed E-state index contributed by atoms with van der Waals surface area (Å²) in [7, 11) is 1.29. The summed E-state index contributed by atoms with van der Waals surface area (Å²) in [6.45, 7) is 3.66. The summed E-state index contributed by atoms with van der Waals surface area (Å²) in [6, 6.07) is 1.64. The number of piperidine rings is 1. The minimum atomic E-state index is -0.595. The maximum Gasteiger partial charge on any atom is 0.384 e. The van der Waals surface area contributed by atoms with Gasteiger partial charge in [0.05, 0.1) is 7.11 Å². The summed E-state index contributed by atoms with van der Waals surface area (Å²) in [5, 5.41) is 3.28. The van der Waals surface area contributed by atoms with Crippen LogP contribution in [0, 0.1) is 18.8 Å². The average molecular weight is 275 g/mol. The molecule has 1 aliphatic rings. The molecule has 0 unspecified atom stereocenters. The molecule has 1 aromatic heterocycles. The third-order valence-electron chi connectivity index (χ3n) is 2.87. The van der Waals surface area contributed by atoms with E-state index in [2.05, 4.69) is 31.9 Å². The molecule has 0 atom stereocenters. The number of nitrogens with zero attached hydrogens (tertiary/aromatic N) is 2. The van der Waals surface area contributed by atoms with Crippen molar-refractivity contribution in [2.75, 3.05) is 20.2 Å². The molecule has 1 aliphatic heterocycles. The second kappa shape index (κ2) is 6.87. The molecule has 6 nitrogen and oxygen atoms in total. The lowest BCUT2D eigenvalue weighted by Gasteiger charge is -2.23. The molecular weight excluding hydrogens is 258 g/mol. The van der Waals surface area contributed by atoms with Crippen molar-refractivity contribution in [3.63, 3.8) is 0 Å². The van der Waals surface area contributed by atoms with E-state index in [1.165, 1.54) is 7.11 Å². The first-order chi connectivity index (χ1) is 9.67. The van der Waals surface area contributed by atoms with Crippen molar-refractivity contribution in [2.24, 2.45) is 0 Å². The Balaban J connectivity index is 2.10. The normalized spacial score (nSPS) is 15.1. The van der Waals surface area contributed by atoms with Gasteiger partial charge in [-0.25, -0.2) is 9.78 Å². The molecule has 1 saturated heterocycles. The van der Waals surface area contributed by atoms with Crippen LogP contribution in [0.25, 0.3) is 0 Å². The molecule has 0 amide bonds. The van der Waals surface area contributed by atoms with Crippen LogP contribution in [0.1, 0.15) is 24.4 Å². The van der Waals surface area contributed by atoms with E-state index >= 15 is 0 Å². The highest BCUT2D eigenvalue weighted by molar-refractivity contribution is 5.88. The van der Waals surface area contributed by atoms with Gasteiger partial charge in [-0.1, -0.05) is 0 Å². The van der Waals surface area contributed by atoms with E-state index in [4.69, 9.17) is 4.74 Å². The molecule has 1 aromatic rings. The molecule has 0 radical (unpaired) electrons. The number of nitrogens with one attached hydrogen (secondary N) is 1. The van der Waals surface area contributed by atoms with Crippen LogP contribution in [0.5, 0.6) is 5.88 Å². The van der Waals surface area contributed by atoms with Gasteiger partial charge in [-0.3, -0.25) is 0 Å². The Morgan fingerprint density at radius 1 is 1.40 bits per heavy atom. The fraction of sp³-hybridized carbons (Fsp3) is 0.500. The third-order valence-corrected chi connectivity index (χ3v) is 2.87. The van der Waals surface area contributed by atoms with Crippen molar-refractivity contribution in [2.45, 2.75) is 25.9 Å². The van der Waals surface area contributed by atoms with Gasteiger partial charge in [-0.15, -0.1) is 0 Å². The Morgan fingerprint density at radius 2 is 2.15 bits per heavy atom. The molecule has 0 aliphatic carbocycles. The smallest absolute Gasteiger partial charge is 0.384 e. The molecule has 106 valence electrons. The van der Waals surface area contributed by atoms with Crippen LogP contribution >= 0.6 is 0 Å². The van der Waals surface area contributed by atoms with Crippen LogP contribution in [0.2, 0.25) is 0 Å². The van der Waals surface area contributed by atoms with E-state index in [9.17, 15) is 4.79 Å². The Bertz CT molecular complexity index is 542. The maximum absolute atomic E-state index is 11.0. The van der Waals surface area contributed by atoms with Gasteiger partial charge in [-0.2, -0.15) is 4.98 Å². The van der Waals surface area contributed by atoms with Crippen molar-refractivity contribution in [1.29, 1.82) is 0 Å². The summed E-state index contributed by atoms with van der Waals surface area (Å²) in [5.41, 5.74) is 0.451. The number of hydrogen-bond donors (Lipinski definition) is 1. The van der Waals surface area contributed by atoms with Gasteiger partial charge in [-0.05, 0) is 38.8 Å². The first-order valence-corrected chi connectivity index (χ1v) is 6.50. The molecule has 20 heavy (non-hydrogen) atoms. The Hall–Kier alpha value is -2.13. The number of aryl methyl sites for hydroxylation is 1. The minimum absolute atomic E-state index is 0.159. The van der Waals surface area contributed by atoms with Crippen LogP contribution in [-0.2, 0) is 9.53 Å². The summed E-state index contributed by atoms with van der Waals surface area (Å²) < 4.78 is 10.3. The van der Waals surface area contributed by atoms with Crippen LogP contribution in [0.15, 0.2) is 6.07 Å². The van der Waals surface area contributed by atoms with Crippen molar-refractivity contribution in [3.05, 3.63) is 17.6 Å². The van der Waals surface area contributed by atoms with Crippen molar-refractivity contribution in [3.8, 4) is 17.7 Å². The quantitative estimate of drug-likeness (QED) is 0.623. The van der Waals surface area contributed by atoms with Crippen LogP contribution < -0.4 is 10.1 Å². The van der Waals surface area contributed by atoms with Crippen LogP contribution in [0.4, 0.5) is 0 Å². The highest BCUT2D eigenvalue weighted by Gasteiger charge is 2.15. The highest BCUT2D eigenvalue weighted by atomic mass is 16.5. The second-order valence-corrected chi connectivity index (χ2v) is 4.45. The van der Waals surface area contributed by atoms with Crippen LogP contribution in [-0.4, -0.2) is 42.2 Å². The summed E-state index contributed by atoms with van der Waals surface area (Å²) >= 11 is 0. The number of hydrogen-bond acceptors (Lipinski definition) is 6. The van der Waals surface area contributed by atoms with E-state index < -0.39 is 5.97 Å². The molecule has 0 spiro atoms. The number of aromatic nitrogens is 2. The van der Waals surface area contributed by atoms with Gasteiger partial charge in [0.2, 0.25) is 5.88 Å². The van der Waals surface area contributed by atoms with Crippen molar-refractivity contribution in [1.82, 2.24) is 15.3 Å². The molecule has 2 rings (SSSR count). The Morgan fingerprint density at radius 3 is 2.85 bits per heavy atom.